The monoisotopic (exact) mass is 602 g/mol. The van der Waals surface area contributed by atoms with Gasteiger partial charge in [0.25, 0.3) is 0 Å². The Labute approximate surface area is 246 Å². The number of aromatic carboxylic acids is 1. The molecule has 0 radical (unpaired) electrons. The molecular weight excluding hydrogens is 569 g/mol. The lowest BCUT2D eigenvalue weighted by Crippen LogP contribution is -2.20. The molecule has 0 saturated heterocycles. The number of hydrogen-bond donors (Lipinski definition) is 2. The van der Waals surface area contributed by atoms with Gasteiger partial charge in [-0.05, 0) is 91.2 Å². The quantitative estimate of drug-likeness (QED) is 0.250. The zero-order chi connectivity index (χ0) is 29.4. The zero-order valence-electron chi connectivity index (χ0n) is 23.2. The van der Waals surface area contributed by atoms with Crippen LogP contribution in [0.15, 0.2) is 46.8 Å². The van der Waals surface area contributed by atoms with Gasteiger partial charge in [-0.2, -0.15) is 13.2 Å². The first-order chi connectivity index (χ1) is 19.4. The van der Waals surface area contributed by atoms with Crippen LogP contribution in [0.3, 0.4) is 0 Å². The molecule has 0 bridgehead atoms. The third-order valence-electron chi connectivity index (χ3n) is 8.10. The van der Waals surface area contributed by atoms with Crippen LogP contribution in [0.25, 0.3) is 16.1 Å². The minimum absolute atomic E-state index is 0.0769. The van der Waals surface area contributed by atoms with Crippen LogP contribution in [0.5, 0.6) is 5.75 Å². The van der Waals surface area contributed by atoms with E-state index in [4.69, 9.17) is 4.74 Å². The number of alkyl halides is 3. The van der Waals surface area contributed by atoms with Gasteiger partial charge in [0.2, 0.25) is 0 Å². The van der Waals surface area contributed by atoms with Crippen molar-refractivity contribution in [2.75, 3.05) is 11.8 Å². The number of hydrogen-bond acceptors (Lipinski definition) is 6. The molecule has 5 nitrogen and oxygen atoms in total. The van der Waals surface area contributed by atoms with Crippen molar-refractivity contribution in [2.45, 2.75) is 75.9 Å². The number of halogens is 3. The van der Waals surface area contributed by atoms with E-state index >= 15 is 0 Å². The molecule has 41 heavy (non-hydrogen) atoms. The van der Waals surface area contributed by atoms with Crippen LogP contribution in [-0.2, 0) is 6.18 Å². The molecule has 0 aliphatic heterocycles. The van der Waals surface area contributed by atoms with Crippen molar-refractivity contribution >= 4 is 40.5 Å². The number of methoxy groups -OCH3 is 1. The molecule has 2 N–H and O–H groups in total. The normalized spacial score (nSPS) is 17.4. The molecule has 5 rings (SSSR count). The molecule has 0 spiro atoms. The van der Waals surface area contributed by atoms with Crippen molar-refractivity contribution in [3.63, 3.8) is 0 Å². The molecule has 3 aromatic rings. The SMILES string of the molecule is COc1cc(C(=O)O)c(C2=CCCC2)cc1NSc1csc(-c2ccc(C3CCC(C)(C)CC3)cc2C(F)(F)F)n1. The molecule has 10 heteroatoms. The van der Waals surface area contributed by atoms with Gasteiger partial charge in [0.15, 0.2) is 0 Å². The Kier molecular flexibility index (Phi) is 8.43. The summed E-state index contributed by atoms with van der Waals surface area (Å²) in [4.78, 5) is 16.4. The fourth-order valence-electron chi connectivity index (χ4n) is 5.69. The van der Waals surface area contributed by atoms with Crippen molar-refractivity contribution in [1.29, 1.82) is 0 Å². The molecular formula is C31H33F3N2O3S2. The molecule has 2 aliphatic rings. The highest BCUT2D eigenvalue weighted by atomic mass is 32.2. The molecule has 2 aliphatic carbocycles. The largest absolute Gasteiger partial charge is 0.495 e. The number of rotatable bonds is 8. The van der Waals surface area contributed by atoms with Gasteiger partial charge < -0.3 is 14.6 Å². The van der Waals surface area contributed by atoms with Crippen LogP contribution >= 0.6 is 23.3 Å². The second-order valence-corrected chi connectivity index (χ2v) is 13.1. The Balaban J connectivity index is 1.38. The highest BCUT2D eigenvalue weighted by Crippen LogP contribution is 2.46. The molecule has 0 atom stereocenters. The number of thiazole rings is 1. The van der Waals surface area contributed by atoms with E-state index in [0.29, 0.717) is 27.0 Å². The lowest BCUT2D eigenvalue weighted by atomic mass is 9.71. The number of carbonyl (C=O) groups is 1. The summed E-state index contributed by atoms with van der Waals surface area (Å²) in [5, 5.41) is 12.3. The average molecular weight is 603 g/mol. The molecule has 0 amide bonds. The molecule has 1 saturated carbocycles. The Morgan fingerprint density at radius 3 is 2.56 bits per heavy atom. The number of anilines is 1. The lowest BCUT2D eigenvalue weighted by molar-refractivity contribution is -0.137. The van der Waals surface area contributed by atoms with Crippen LogP contribution in [0.4, 0.5) is 18.9 Å². The maximum absolute atomic E-state index is 14.2. The molecule has 218 valence electrons. The summed E-state index contributed by atoms with van der Waals surface area (Å²) in [5.41, 5.74) is 2.76. The van der Waals surface area contributed by atoms with Gasteiger partial charge in [-0.15, -0.1) is 11.3 Å². The fourth-order valence-corrected chi connectivity index (χ4v) is 7.32. The van der Waals surface area contributed by atoms with Crippen LogP contribution in [0.1, 0.15) is 91.8 Å². The topological polar surface area (TPSA) is 71.5 Å². The first-order valence-corrected chi connectivity index (χ1v) is 15.4. The van der Waals surface area contributed by atoms with Gasteiger partial charge in [0.1, 0.15) is 15.8 Å². The van der Waals surface area contributed by atoms with Gasteiger partial charge >= 0.3 is 12.1 Å². The predicted octanol–water partition coefficient (Wildman–Crippen LogP) is 9.91. The number of nitrogens with zero attached hydrogens (tertiary/aromatic N) is 1. The smallest absolute Gasteiger partial charge is 0.417 e. The molecule has 1 fully saturated rings. The first-order valence-electron chi connectivity index (χ1n) is 13.7. The second kappa shape index (κ2) is 11.7. The van der Waals surface area contributed by atoms with Gasteiger partial charge in [-0.3, -0.25) is 0 Å². The third-order valence-corrected chi connectivity index (χ3v) is 9.86. The lowest BCUT2D eigenvalue weighted by Gasteiger charge is -2.34. The maximum atomic E-state index is 14.2. The van der Waals surface area contributed by atoms with E-state index in [2.05, 4.69) is 29.6 Å². The summed E-state index contributed by atoms with van der Waals surface area (Å²) in [6, 6.07) is 7.96. The van der Waals surface area contributed by atoms with Crippen LogP contribution in [-0.4, -0.2) is 23.2 Å². The van der Waals surface area contributed by atoms with Crippen molar-refractivity contribution in [3.05, 3.63) is 64.0 Å². The summed E-state index contributed by atoms with van der Waals surface area (Å²) in [7, 11) is 1.46. The number of benzene rings is 2. The van der Waals surface area contributed by atoms with Gasteiger partial charge in [-0.1, -0.05) is 32.1 Å². The number of nitrogens with one attached hydrogen (secondary N) is 1. The van der Waals surface area contributed by atoms with Crippen molar-refractivity contribution < 1.29 is 27.8 Å². The van der Waals surface area contributed by atoms with E-state index in [-0.39, 0.29) is 22.5 Å². The molecule has 1 aromatic heterocycles. The summed E-state index contributed by atoms with van der Waals surface area (Å²) in [6.07, 6.45) is 4.02. The van der Waals surface area contributed by atoms with E-state index in [1.165, 1.54) is 19.2 Å². The van der Waals surface area contributed by atoms with Crippen LogP contribution in [0.2, 0.25) is 0 Å². The minimum Gasteiger partial charge on any atom is -0.495 e. The van der Waals surface area contributed by atoms with E-state index in [0.717, 1.165) is 79.4 Å². The van der Waals surface area contributed by atoms with Gasteiger partial charge in [-0.25, -0.2) is 9.78 Å². The standard InChI is InChI=1S/C31H33F3N2O3S2/c1-30(2)12-10-18(11-13-30)20-8-9-21(24(14-20)31(32,33)34)28-35-27(17-40-28)41-36-25-15-22(19-6-4-5-7-19)23(29(37)38)16-26(25)39-3/h6,8-9,14-18,36H,4-5,7,10-13H2,1-3H3,(H,37,38). The van der Waals surface area contributed by atoms with Crippen LogP contribution in [0, 0.1) is 5.41 Å². The zero-order valence-corrected chi connectivity index (χ0v) is 24.9. The third kappa shape index (κ3) is 6.59. The second-order valence-electron chi connectivity index (χ2n) is 11.5. The average Bonchev–Trinajstić information content (AvgIpc) is 3.63. The van der Waals surface area contributed by atoms with Gasteiger partial charge in [0.05, 0.1) is 23.9 Å². The number of carboxylic acid groups (broad SMARTS) is 1. The Hall–Kier alpha value is -2.98. The summed E-state index contributed by atoms with van der Waals surface area (Å²) < 4.78 is 51.3. The van der Waals surface area contributed by atoms with E-state index in [1.807, 2.05) is 6.07 Å². The fraction of sp³-hybridized carbons (Fsp3) is 0.419. The minimum atomic E-state index is -4.50. The number of allylic oxidation sites excluding steroid dienone is 2. The summed E-state index contributed by atoms with van der Waals surface area (Å²) >= 11 is 2.30. The number of ether oxygens (including phenoxy) is 1. The van der Waals surface area contributed by atoms with Crippen molar-refractivity contribution in [2.24, 2.45) is 5.41 Å². The van der Waals surface area contributed by atoms with Gasteiger partial charge in [0, 0.05) is 22.9 Å². The summed E-state index contributed by atoms with van der Waals surface area (Å²) in [6.45, 7) is 4.43. The van der Waals surface area contributed by atoms with E-state index in [9.17, 15) is 23.1 Å². The Morgan fingerprint density at radius 2 is 1.93 bits per heavy atom. The van der Waals surface area contributed by atoms with E-state index in [1.54, 1.807) is 17.5 Å². The van der Waals surface area contributed by atoms with Crippen LogP contribution < -0.4 is 9.46 Å². The Morgan fingerprint density at radius 1 is 1.17 bits per heavy atom. The van der Waals surface area contributed by atoms with E-state index < -0.39 is 17.7 Å². The highest BCUT2D eigenvalue weighted by Gasteiger charge is 2.36. The molecule has 2 aromatic carbocycles. The molecule has 1 heterocycles. The maximum Gasteiger partial charge on any atom is 0.417 e. The van der Waals surface area contributed by atoms with Crippen molar-refractivity contribution in [3.8, 4) is 16.3 Å². The highest BCUT2D eigenvalue weighted by molar-refractivity contribution is 8.00. The Bertz CT molecular complexity index is 1470. The first kappa shape index (κ1) is 29.5. The van der Waals surface area contributed by atoms with Crippen molar-refractivity contribution in [1.82, 2.24) is 4.98 Å². The number of carboxylic acids is 1. The number of aromatic nitrogens is 1. The summed E-state index contributed by atoms with van der Waals surface area (Å²) in [5.74, 6) is -0.542. The molecule has 0 unspecified atom stereocenters. The predicted molar refractivity (Wildman–Crippen MR) is 159 cm³/mol.